The summed E-state index contributed by atoms with van der Waals surface area (Å²) in [5.41, 5.74) is 4.50. The van der Waals surface area contributed by atoms with E-state index in [0.717, 1.165) is 19.4 Å². The molecule has 0 atom stereocenters. The van der Waals surface area contributed by atoms with E-state index in [-0.39, 0.29) is 23.0 Å². The molecule has 8 heteroatoms. The Morgan fingerprint density at radius 3 is 2.50 bits per heavy atom. The van der Waals surface area contributed by atoms with Crippen LogP contribution in [0.25, 0.3) is 11.4 Å². The van der Waals surface area contributed by atoms with Crippen LogP contribution in [0.15, 0.2) is 18.5 Å². The summed E-state index contributed by atoms with van der Waals surface area (Å²) in [4.78, 5) is 11.5. The fraction of sp³-hybridized carbons (Fsp3) is 0.250. The van der Waals surface area contributed by atoms with Gasteiger partial charge in [-0.3, -0.25) is 4.98 Å². The number of nitrogens with two attached hydrogens (primary N) is 1. The van der Waals surface area contributed by atoms with E-state index in [9.17, 15) is 13.2 Å². The van der Waals surface area contributed by atoms with E-state index in [1.807, 2.05) is 0 Å². The Labute approximate surface area is 112 Å². The summed E-state index contributed by atoms with van der Waals surface area (Å²) in [6, 6.07) is 1.14. The van der Waals surface area contributed by atoms with Crippen LogP contribution in [0.4, 0.5) is 19.0 Å². The molecule has 0 amide bonds. The average Bonchev–Trinajstić information content (AvgIpc) is 2.40. The number of ether oxygens (including phenoxy) is 1. The molecule has 0 saturated carbocycles. The molecule has 0 aliphatic rings. The number of methoxy groups -OCH3 is 1. The Balaban J connectivity index is 2.70. The van der Waals surface area contributed by atoms with Gasteiger partial charge in [-0.05, 0) is 13.0 Å². The molecule has 2 aromatic heterocycles. The van der Waals surface area contributed by atoms with Gasteiger partial charge in [-0.25, -0.2) is 9.97 Å². The molecule has 0 bridgehead atoms. The maximum absolute atomic E-state index is 13.2. The molecular weight excluding hydrogens is 273 g/mol. The minimum absolute atomic E-state index is 0.0112. The Hall–Kier alpha value is -2.38. The fourth-order valence-electron chi connectivity index (χ4n) is 1.69. The lowest BCUT2D eigenvalue weighted by Crippen LogP contribution is -2.12. The topological polar surface area (TPSA) is 73.9 Å². The van der Waals surface area contributed by atoms with Gasteiger partial charge in [-0.1, -0.05) is 0 Å². The number of rotatable bonds is 2. The Morgan fingerprint density at radius 1 is 1.25 bits per heavy atom. The van der Waals surface area contributed by atoms with E-state index < -0.39 is 11.7 Å². The van der Waals surface area contributed by atoms with Crippen molar-refractivity contribution in [3.63, 3.8) is 0 Å². The number of nitrogens with zero attached hydrogens (tertiary/aromatic N) is 3. The van der Waals surface area contributed by atoms with Gasteiger partial charge >= 0.3 is 6.18 Å². The molecule has 0 saturated heterocycles. The number of aromatic nitrogens is 3. The van der Waals surface area contributed by atoms with Crippen molar-refractivity contribution in [1.82, 2.24) is 15.0 Å². The average molecular weight is 284 g/mol. The molecular formula is C12H11F3N4O. The third kappa shape index (κ3) is 2.49. The zero-order valence-electron chi connectivity index (χ0n) is 10.7. The molecule has 0 radical (unpaired) electrons. The minimum atomic E-state index is -4.62. The molecule has 2 aromatic rings. The van der Waals surface area contributed by atoms with Gasteiger partial charge in [-0.15, -0.1) is 0 Å². The molecule has 5 nitrogen and oxygen atoms in total. The lowest BCUT2D eigenvalue weighted by molar-refractivity contribution is -0.138. The highest BCUT2D eigenvalue weighted by molar-refractivity contribution is 5.63. The predicted octanol–water partition coefficient (Wildman–Crippen LogP) is 2.46. The molecule has 106 valence electrons. The van der Waals surface area contributed by atoms with Crippen LogP contribution >= 0.6 is 0 Å². The summed E-state index contributed by atoms with van der Waals surface area (Å²) in [7, 11) is 1.16. The normalized spacial score (nSPS) is 11.4. The van der Waals surface area contributed by atoms with Crippen molar-refractivity contribution in [2.24, 2.45) is 0 Å². The highest BCUT2D eigenvalue weighted by Crippen LogP contribution is 2.41. The van der Waals surface area contributed by atoms with Crippen LogP contribution in [-0.4, -0.2) is 22.1 Å². The van der Waals surface area contributed by atoms with Crippen LogP contribution in [0.3, 0.4) is 0 Å². The van der Waals surface area contributed by atoms with Gasteiger partial charge in [0.05, 0.1) is 19.0 Å². The second-order valence-electron chi connectivity index (χ2n) is 3.96. The first-order valence-electron chi connectivity index (χ1n) is 5.54. The van der Waals surface area contributed by atoms with Crippen LogP contribution in [0.5, 0.6) is 5.75 Å². The van der Waals surface area contributed by atoms with Crippen LogP contribution < -0.4 is 10.5 Å². The lowest BCUT2D eigenvalue weighted by atomic mass is 10.1. The highest BCUT2D eigenvalue weighted by atomic mass is 19.4. The number of hydrogen-bond acceptors (Lipinski definition) is 5. The summed E-state index contributed by atoms with van der Waals surface area (Å²) >= 11 is 0. The van der Waals surface area contributed by atoms with Crippen LogP contribution in [0.2, 0.25) is 0 Å². The van der Waals surface area contributed by atoms with Gasteiger partial charge in [-0.2, -0.15) is 13.2 Å². The summed E-state index contributed by atoms with van der Waals surface area (Å²) in [6.07, 6.45) is -2.25. The summed E-state index contributed by atoms with van der Waals surface area (Å²) in [6.45, 7) is 1.55. The van der Waals surface area contributed by atoms with Gasteiger partial charge in [0.2, 0.25) is 0 Å². The van der Waals surface area contributed by atoms with Crippen LogP contribution in [0.1, 0.15) is 11.3 Å². The van der Waals surface area contributed by atoms with Gasteiger partial charge < -0.3 is 10.5 Å². The van der Waals surface area contributed by atoms with Crippen molar-refractivity contribution in [3.05, 3.63) is 29.7 Å². The van der Waals surface area contributed by atoms with Crippen molar-refractivity contribution in [2.45, 2.75) is 13.1 Å². The Kier molecular flexibility index (Phi) is 3.47. The molecule has 2 rings (SSSR count). The van der Waals surface area contributed by atoms with E-state index in [1.165, 1.54) is 6.20 Å². The van der Waals surface area contributed by atoms with E-state index in [0.29, 0.717) is 5.69 Å². The molecule has 2 N–H and O–H groups in total. The monoisotopic (exact) mass is 284 g/mol. The number of nitrogen functional groups attached to an aromatic ring is 1. The number of pyridine rings is 1. The third-order valence-corrected chi connectivity index (χ3v) is 2.64. The minimum Gasteiger partial charge on any atom is -0.496 e. The molecule has 0 aliphatic heterocycles. The zero-order valence-corrected chi connectivity index (χ0v) is 10.7. The maximum Gasteiger partial charge on any atom is 0.422 e. The molecule has 2 heterocycles. The van der Waals surface area contributed by atoms with Crippen molar-refractivity contribution in [1.29, 1.82) is 0 Å². The first-order chi connectivity index (χ1) is 9.34. The second kappa shape index (κ2) is 4.95. The summed E-state index contributed by atoms with van der Waals surface area (Å²) in [5.74, 6) is -0.163. The smallest absolute Gasteiger partial charge is 0.422 e. The van der Waals surface area contributed by atoms with Crippen molar-refractivity contribution in [3.8, 4) is 17.1 Å². The van der Waals surface area contributed by atoms with Gasteiger partial charge in [0.25, 0.3) is 0 Å². The SMILES string of the molecule is COc1ccnc(-c2cnc(N)c(C)n2)c1C(F)(F)F. The van der Waals surface area contributed by atoms with Crippen LogP contribution in [0, 0.1) is 6.92 Å². The van der Waals surface area contributed by atoms with Crippen molar-refractivity contribution < 1.29 is 17.9 Å². The van der Waals surface area contributed by atoms with Gasteiger partial charge in [0.1, 0.15) is 28.5 Å². The van der Waals surface area contributed by atoms with Crippen LogP contribution in [-0.2, 0) is 6.18 Å². The first-order valence-corrected chi connectivity index (χ1v) is 5.54. The molecule has 0 fully saturated rings. The number of hydrogen-bond donors (Lipinski definition) is 1. The highest BCUT2D eigenvalue weighted by Gasteiger charge is 2.38. The molecule has 0 aromatic carbocycles. The summed E-state index contributed by atoms with van der Waals surface area (Å²) < 4.78 is 44.3. The zero-order chi connectivity index (χ0) is 14.9. The van der Waals surface area contributed by atoms with Crippen molar-refractivity contribution in [2.75, 3.05) is 12.8 Å². The fourth-order valence-corrected chi connectivity index (χ4v) is 1.69. The number of alkyl halides is 3. The van der Waals surface area contributed by atoms with E-state index in [1.54, 1.807) is 6.92 Å². The first kappa shape index (κ1) is 14.0. The molecule has 20 heavy (non-hydrogen) atoms. The number of halogens is 3. The van der Waals surface area contributed by atoms with Gasteiger partial charge in [0.15, 0.2) is 0 Å². The number of aryl methyl sites for hydroxylation is 1. The van der Waals surface area contributed by atoms with Gasteiger partial charge in [0, 0.05) is 6.20 Å². The van der Waals surface area contributed by atoms with E-state index >= 15 is 0 Å². The quantitative estimate of drug-likeness (QED) is 0.917. The van der Waals surface area contributed by atoms with Crippen molar-refractivity contribution >= 4 is 5.82 Å². The van der Waals surface area contributed by atoms with E-state index in [4.69, 9.17) is 10.5 Å². The molecule has 0 spiro atoms. The number of anilines is 1. The molecule has 0 unspecified atom stereocenters. The lowest BCUT2D eigenvalue weighted by Gasteiger charge is -2.15. The standard InChI is InChI=1S/C12H11F3N4O/c1-6-11(16)18-5-7(19-6)10-9(12(13,14)15)8(20-2)3-4-17-10/h3-5H,1-2H3,(H2,16,18). The predicted molar refractivity (Wildman–Crippen MR) is 66.0 cm³/mol. The molecule has 0 aliphatic carbocycles. The summed E-state index contributed by atoms with van der Waals surface area (Å²) in [5, 5.41) is 0. The maximum atomic E-state index is 13.2. The Morgan fingerprint density at radius 2 is 1.95 bits per heavy atom. The largest absolute Gasteiger partial charge is 0.496 e. The third-order valence-electron chi connectivity index (χ3n) is 2.64. The second-order valence-corrected chi connectivity index (χ2v) is 3.96. The Bertz CT molecular complexity index is 643. The van der Waals surface area contributed by atoms with E-state index in [2.05, 4.69) is 15.0 Å².